The number of rotatable bonds is 4. The molecule has 1 aliphatic rings. The molecule has 226 valence electrons. The highest BCUT2D eigenvalue weighted by molar-refractivity contribution is 6.10. The highest BCUT2D eigenvalue weighted by Crippen LogP contribution is 2.39. The van der Waals surface area contributed by atoms with Crippen molar-refractivity contribution in [1.82, 2.24) is 19.1 Å². The first-order valence-electron chi connectivity index (χ1n) is 16.6. The predicted octanol–water partition coefficient (Wildman–Crippen LogP) is 11.0. The summed E-state index contributed by atoms with van der Waals surface area (Å²) >= 11 is 0. The summed E-state index contributed by atoms with van der Waals surface area (Å²) in [7, 11) is 0. The monoisotopic (exact) mass is 614 g/mol. The van der Waals surface area contributed by atoms with Gasteiger partial charge in [0, 0.05) is 44.1 Å². The quantitative estimate of drug-likeness (QED) is 0.198. The average Bonchev–Trinajstić information content (AvgIpc) is 3.67. The number of benzene rings is 6. The lowest BCUT2D eigenvalue weighted by Crippen LogP contribution is -2.08. The van der Waals surface area contributed by atoms with E-state index in [1.165, 1.54) is 55.3 Å². The molecule has 3 aromatic heterocycles. The van der Waals surface area contributed by atoms with Crippen molar-refractivity contribution >= 4 is 49.7 Å². The van der Waals surface area contributed by atoms with Gasteiger partial charge in [-0.2, -0.15) is 0 Å². The van der Waals surface area contributed by atoms with Gasteiger partial charge in [0.25, 0.3) is 0 Å². The molecule has 0 saturated heterocycles. The van der Waals surface area contributed by atoms with Crippen LogP contribution in [0.1, 0.15) is 17.7 Å². The molecule has 1 aliphatic carbocycles. The summed E-state index contributed by atoms with van der Waals surface area (Å²) < 4.78 is 4.67. The lowest BCUT2D eigenvalue weighted by atomic mass is 9.98. The Bertz CT molecular complexity index is 2710. The number of hydrogen-bond donors (Lipinski definition) is 0. The van der Waals surface area contributed by atoms with Crippen molar-refractivity contribution in [2.45, 2.75) is 12.8 Å². The van der Waals surface area contributed by atoms with Gasteiger partial charge in [0.15, 0.2) is 0 Å². The van der Waals surface area contributed by atoms with Crippen LogP contribution in [0.15, 0.2) is 152 Å². The summed E-state index contributed by atoms with van der Waals surface area (Å²) in [6, 6.07) is 51.9. The third-order valence-corrected chi connectivity index (χ3v) is 9.80. The number of nitrogens with zero attached hydrogens (tertiary/aromatic N) is 4. The highest BCUT2D eigenvalue weighted by Gasteiger charge is 2.22. The topological polar surface area (TPSA) is 35.6 Å². The Balaban J connectivity index is 1.17. The molecule has 0 unspecified atom stereocenters. The zero-order valence-electron chi connectivity index (χ0n) is 26.2. The van der Waals surface area contributed by atoms with Gasteiger partial charge >= 0.3 is 0 Å². The van der Waals surface area contributed by atoms with Crippen molar-refractivity contribution in [3.8, 4) is 34.0 Å². The predicted molar refractivity (Wildman–Crippen MR) is 199 cm³/mol. The van der Waals surface area contributed by atoms with Gasteiger partial charge in [-0.05, 0) is 72.5 Å². The SMILES string of the molecule is C1=Cc2c(n(-c3nc(-c4ccccc4)c4ccccc4n3)c3ccc(-c4ccc5c(c4)c4ccccc4n5-c4ccccc4)cc23)CC1. The van der Waals surface area contributed by atoms with Crippen molar-refractivity contribution in [3.05, 3.63) is 163 Å². The van der Waals surface area contributed by atoms with Crippen LogP contribution in [0.25, 0.3) is 83.7 Å². The highest BCUT2D eigenvalue weighted by atomic mass is 15.2. The van der Waals surface area contributed by atoms with Crippen LogP contribution in [0.3, 0.4) is 0 Å². The van der Waals surface area contributed by atoms with E-state index in [-0.39, 0.29) is 0 Å². The minimum Gasteiger partial charge on any atom is -0.309 e. The number of aromatic nitrogens is 4. The molecule has 0 aliphatic heterocycles. The zero-order chi connectivity index (χ0) is 31.6. The van der Waals surface area contributed by atoms with Crippen LogP contribution >= 0.6 is 0 Å². The van der Waals surface area contributed by atoms with Crippen LogP contribution < -0.4 is 0 Å². The second kappa shape index (κ2) is 10.6. The van der Waals surface area contributed by atoms with Gasteiger partial charge in [-0.3, -0.25) is 4.57 Å². The smallest absolute Gasteiger partial charge is 0.235 e. The zero-order valence-corrected chi connectivity index (χ0v) is 26.2. The second-order valence-corrected chi connectivity index (χ2v) is 12.5. The van der Waals surface area contributed by atoms with E-state index in [0.29, 0.717) is 0 Å². The fraction of sp³-hybridized carbons (Fsp3) is 0.0455. The molecule has 10 rings (SSSR count). The molecule has 48 heavy (non-hydrogen) atoms. The van der Waals surface area contributed by atoms with Crippen LogP contribution in [0.4, 0.5) is 0 Å². The lowest BCUT2D eigenvalue weighted by Gasteiger charge is -2.14. The van der Waals surface area contributed by atoms with Gasteiger partial charge in [0.05, 0.1) is 27.8 Å². The van der Waals surface area contributed by atoms with E-state index >= 15 is 0 Å². The van der Waals surface area contributed by atoms with E-state index in [9.17, 15) is 0 Å². The van der Waals surface area contributed by atoms with E-state index < -0.39 is 0 Å². The van der Waals surface area contributed by atoms with E-state index in [1.54, 1.807) is 0 Å². The standard InChI is InChI=1S/C44H30N4/c1-3-13-29(14-4-1)43-35-19-7-10-20-38(35)45-44(46-43)48-40-22-12-9-18-34(40)37-28-31(24-26-42(37)48)30-23-25-41-36(27-30)33-17-8-11-21-39(33)47(41)32-15-5-2-6-16-32/h1-11,13-21,23-28H,12,22H2. The second-order valence-electron chi connectivity index (χ2n) is 12.5. The molecule has 0 amide bonds. The van der Waals surface area contributed by atoms with Crippen molar-refractivity contribution in [2.24, 2.45) is 0 Å². The first-order chi connectivity index (χ1) is 23.8. The van der Waals surface area contributed by atoms with Gasteiger partial charge < -0.3 is 4.57 Å². The van der Waals surface area contributed by atoms with Crippen molar-refractivity contribution in [2.75, 3.05) is 0 Å². The maximum atomic E-state index is 5.27. The Labute approximate surface area is 277 Å². The number of hydrogen-bond acceptors (Lipinski definition) is 2. The summed E-state index contributed by atoms with van der Waals surface area (Å²) in [5.74, 6) is 0.719. The molecule has 0 atom stereocenters. The molecular weight excluding hydrogens is 585 g/mol. The maximum absolute atomic E-state index is 5.27. The summed E-state index contributed by atoms with van der Waals surface area (Å²) in [6.07, 6.45) is 6.52. The molecule has 0 bridgehead atoms. The van der Waals surface area contributed by atoms with Crippen molar-refractivity contribution < 1.29 is 0 Å². The number of para-hydroxylation sites is 3. The third-order valence-electron chi connectivity index (χ3n) is 9.80. The summed E-state index contributed by atoms with van der Waals surface area (Å²) in [6.45, 7) is 0. The third kappa shape index (κ3) is 4.09. The molecule has 9 aromatic rings. The molecule has 0 spiro atoms. The minimum atomic E-state index is 0.719. The molecule has 3 heterocycles. The van der Waals surface area contributed by atoms with Gasteiger partial charge in [-0.15, -0.1) is 0 Å². The van der Waals surface area contributed by atoms with Crippen molar-refractivity contribution in [1.29, 1.82) is 0 Å². The first kappa shape index (κ1) is 26.9. The molecule has 4 nitrogen and oxygen atoms in total. The Morgan fingerprint density at radius 3 is 1.94 bits per heavy atom. The normalized spacial score (nSPS) is 12.8. The van der Waals surface area contributed by atoms with Crippen LogP contribution in [-0.2, 0) is 6.42 Å². The van der Waals surface area contributed by atoms with Crippen LogP contribution in [0, 0.1) is 0 Å². The number of allylic oxidation sites excluding steroid dienone is 1. The lowest BCUT2D eigenvalue weighted by molar-refractivity contribution is 0.852. The van der Waals surface area contributed by atoms with Gasteiger partial charge in [0.2, 0.25) is 5.95 Å². The summed E-state index contributed by atoms with van der Waals surface area (Å²) in [5, 5.41) is 4.80. The Hall–Kier alpha value is -6.26. The molecule has 0 radical (unpaired) electrons. The minimum absolute atomic E-state index is 0.719. The van der Waals surface area contributed by atoms with E-state index in [1.807, 2.05) is 6.07 Å². The Morgan fingerprint density at radius 1 is 0.479 bits per heavy atom. The maximum Gasteiger partial charge on any atom is 0.235 e. The Morgan fingerprint density at radius 2 is 1.12 bits per heavy atom. The Kier molecular flexibility index (Phi) is 5.97. The molecule has 6 aromatic carbocycles. The summed E-state index contributed by atoms with van der Waals surface area (Å²) in [5.41, 5.74) is 12.6. The van der Waals surface area contributed by atoms with E-state index in [2.05, 4.69) is 161 Å². The van der Waals surface area contributed by atoms with Gasteiger partial charge in [-0.25, -0.2) is 9.97 Å². The molecular formula is C44H30N4. The van der Waals surface area contributed by atoms with E-state index in [4.69, 9.17) is 9.97 Å². The van der Waals surface area contributed by atoms with Crippen LogP contribution in [-0.4, -0.2) is 19.1 Å². The van der Waals surface area contributed by atoms with E-state index in [0.717, 1.165) is 46.5 Å². The first-order valence-corrected chi connectivity index (χ1v) is 16.6. The molecule has 0 saturated carbocycles. The summed E-state index contributed by atoms with van der Waals surface area (Å²) in [4.78, 5) is 10.4. The molecule has 0 N–H and O–H groups in total. The molecule has 0 fully saturated rings. The fourth-order valence-corrected chi connectivity index (χ4v) is 7.62. The van der Waals surface area contributed by atoms with Gasteiger partial charge in [0.1, 0.15) is 0 Å². The molecule has 4 heteroatoms. The largest absolute Gasteiger partial charge is 0.309 e. The van der Waals surface area contributed by atoms with Crippen LogP contribution in [0.5, 0.6) is 0 Å². The average molecular weight is 615 g/mol. The van der Waals surface area contributed by atoms with Gasteiger partial charge in [-0.1, -0.05) is 109 Å². The fourth-order valence-electron chi connectivity index (χ4n) is 7.62. The van der Waals surface area contributed by atoms with Crippen LogP contribution in [0.2, 0.25) is 0 Å². The number of fused-ring (bicyclic) bond motifs is 7. The van der Waals surface area contributed by atoms with Crippen molar-refractivity contribution in [3.63, 3.8) is 0 Å².